The number of fused-ring (bicyclic) bond motifs is 1. The largest absolute Gasteiger partial charge is 0.286 e. The molecule has 2 aromatic heterocycles. The summed E-state index contributed by atoms with van der Waals surface area (Å²) in [5.74, 6) is -0.0608. The Balaban J connectivity index is 1.66. The number of hydrogen-bond acceptors (Lipinski definition) is 4. The van der Waals surface area contributed by atoms with E-state index in [1.165, 1.54) is 28.6 Å². The molecule has 6 nitrogen and oxygen atoms in total. The molecule has 8 heteroatoms. The fourth-order valence-electron chi connectivity index (χ4n) is 3.30. The normalized spacial score (nSPS) is 19.3. The second kappa shape index (κ2) is 6.20. The third-order valence-corrected chi connectivity index (χ3v) is 6.44. The molecule has 1 saturated heterocycles. The first-order valence-electron chi connectivity index (χ1n) is 8.12. The van der Waals surface area contributed by atoms with Crippen molar-refractivity contribution in [2.24, 2.45) is 0 Å². The van der Waals surface area contributed by atoms with Crippen LogP contribution in [0.2, 0.25) is 0 Å². The molecule has 1 aromatic carbocycles. The van der Waals surface area contributed by atoms with Crippen LogP contribution in [0.25, 0.3) is 5.65 Å². The van der Waals surface area contributed by atoms with Crippen molar-refractivity contribution in [3.05, 3.63) is 60.3 Å². The molecular formula is C17H17FN4O2S. The van der Waals surface area contributed by atoms with Crippen LogP contribution in [0.15, 0.2) is 53.6 Å². The Kier molecular flexibility index (Phi) is 4.01. The molecule has 3 aromatic rings. The minimum Gasteiger partial charge on any atom is -0.286 e. The molecule has 0 bridgehead atoms. The fraction of sp³-hybridized carbons (Fsp3) is 0.294. The molecule has 0 N–H and O–H groups in total. The number of nitrogens with zero attached hydrogens (tertiary/aromatic N) is 4. The van der Waals surface area contributed by atoms with Crippen LogP contribution in [0, 0.1) is 5.82 Å². The number of halogens is 1. The van der Waals surface area contributed by atoms with Gasteiger partial charge >= 0.3 is 0 Å². The average Bonchev–Trinajstić information content (AvgIpc) is 3.06. The molecule has 0 saturated carbocycles. The Labute approximate surface area is 145 Å². The summed E-state index contributed by atoms with van der Waals surface area (Å²) < 4.78 is 42.9. The highest BCUT2D eigenvalue weighted by molar-refractivity contribution is 7.89. The summed E-state index contributed by atoms with van der Waals surface area (Å²) in [7, 11) is -3.87. The summed E-state index contributed by atoms with van der Waals surface area (Å²) >= 11 is 0. The number of aromatic nitrogens is 3. The molecule has 0 amide bonds. The van der Waals surface area contributed by atoms with Gasteiger partial charge in [0.2, 0.25) is 10.0 Å². The van der Waals surface area contributed by atoms with Crippen molar-refractivity contribution in [1.82, 2.24) is 18.9 Å². The van der Waals surface area contributed by atoms with Gasteiger partial charge in [-0.25, -0.2) is 12.8 Å². The maximum Gasteiger partial charge on any atom is 0.246 e. The van der Waals surface area contributed by atoms with Crippen LogP contribution in [0.3, 0.4) is 0 Å². The van der Waals surface area contributed by atoms with Crippen LogP contribution in [-0.4, -0.2) is 40.4 Å². The van der Waals surface area contributed by atoms with Gasteiger partial charge in [0.25, 0.3) is 0 Å². The predicted molar refractivity (Wildman–Crippen MR) is 90.1 cm³/mol. The van der Waals surface area contributed by atoms with Crippen LogP contribution < -0.4 is 0 Å². The van der Waals surface area contributed by atoms with E-state index in [0.717, 1.165) is 17.9 Å². The highest BCUT2D eigenvalue weighted by atomic mass is 32.2. The molecule has 4 rings (SSSR count). The summed E-state index contributed by atoms with van der Waals surface area (Å²) in [4.78, 5) is -0.276. The van der Waals surface area contributed by atoms with Crippen LogP contribution >= 0.6 is 0 Å². The maximum absolute atomic E-state index is 14.0. The summed E-state index contributed by atoms with van der Waals surface area (Å²) in [6.45, 7) is 0.649. The molecular weight excluding hydrogens is 343 g/mol. The van der Waals surface area contributed by atoms with Gasteiger partial charge in [0.15, 0.2) is 5.65 Å². The third kappa shape index (κ3) is 2.81. The average molecular weight is 360 g/mol. The number of rotatable bonds is 3. The van der Waals surface area contributed by atoms with E-state index in [9.17, 15) is 12.8 Å². The topological polar surface area (TPSA) is 67.6 Å². The van der Waals surface area contributed by atoms with Gasteiger partial charge in [-0.15, -0.1) is 10.2 Å². The summed E-state index contributed by atoms with van der Waals surface area (Å²) in [6.07, 6.45) is 3.38. The lowest BCUT2D eigenvalue weighted by molar-refractivity contribution is 0.307. The number of benzene rings is 1. The Morgan fingerprint density at radius 2 is 1.88 bits per heavy atom. The van der Waals surface area contributed by atoms with Crippen molar-refractivity contribution in [3.8, 4) is 0 Å². The van der Waals surface area contributed by atoms with E-state index in [1.54, 1.807) is 0 Å². The Morgan fingerprint density at radius 1 is 1.08 bits per heavy atom. The molecule has 0 spiro atoms. The lowest BCUT2D eigenvalue weighted by Crippen LogP contribution is -2.39. The van der Waals surface area contributed by atoms with Crippen molar-refractivity contribution in [2.45, 2.75) is 23.7 Å². The first-order chi connectivity index (χ1) is 12.1. The standard InChI is InChI=1S/C17H17FN4O2S/c18-14-7-1-2-8-15(14)25(23,24)21-10-5-6-13(12-21)17-20-19-16-9-3-4-11-22(16)17/h1-4,7-9,11,13H,5-6,10,12H2/t13-/m1/s1. The minimum absolute atomic E-state index is 0.0762. The first-order valence-corrected chi connectivity index (χ1v) is 9.56. The molecule has 1 aliphatic rings. The summed E-state index contributed by atoms with van der Waals surface area (Å²) in [5.41, 5.74) is 0.728. The maximum atomic E-state index is 14.0. The fourth-order valence-corrected chi connectivity index (χ4v) is 4.89. The van der Waals surface area contributed by atoms with Gasteiger partial charge in [-0.1, -0.05) is 18.2 Å². The molecule has 1 fully saturated rings. The monoisotopic (exact) mass is 360 g/mol. The van der Waals surface area contributed by atoms with E-state index >= 15 is 0 Å². The molecule has 130 valence electrons. The first kappa shape index (κ1) is 16.2. The van der Waals surface area contributed by atoms with Crippen LogP contribution in [0.1, 0.15) is 24.6 Å². The molecule has 25 heavy (non-hydrogen) atoms. The van der Waals surface area contributed by atoms with E-state index in [4.69, 9.17) is 0 Å². The smallest absolute Gasteiger partial charge is 0.246 e. The molecule has 3 heterocycles. The van der Waals surface area contributed by atoms with Gasteiger partial charge in [-0.05, 0) is 37.1 Å². The Morgan fingerprint density at radius 3 is 2.72 bits per heavy atom. The highest BCUT2D eigenvalue weighted by Gasteiger charge is 2.34. The van der Waals surface area contributed by atoms with E-state index in [-0.39, 0.29) is 17.4 Å². The van der Waals surface area contributed by atoms with Crippen molar-refractivity contribution >= 4 is 15.7 Å². The van der Waals surface area contributed by atoms with Gasteiger partial charge in [0.05, 0.1) is 0 Å². The third-order valence-electron chi connectivity index (χ3n) is 4.54. The molecule has 0 radical (unpaired) electrons. The SMILES string of the molecule is O=S(=O)(c1ccccc1F)N1CCC[C@@H](c2nnc3ccccn23)C1. The van der Waals surface area contributed by atoms with Crippen LogP contribution in [-0.2, 0) is 10.0 Å². The number of sulfonamides is 1. The zero-order valence-electron chi connectivity index (χ0n) is 13.4. The van der Waals surface area contributed by atoms with Gasteiger partial charge in [0, 0.05) is 25.2 Å². The molecule has 0 unspecified atom stereocenters. The number of hydrogen-bond donors (Lipinski definition) is 0. The number of piperidine rings is 1. The summed E-state index contributed by atoms with van der Waals surface area (Å²) in [5, 5.41) is 8.38. The lowest BCUT2D eigenvalue weighted by Gasteiger charge is -2.31. The second-order valence-corrected chi connectivity index (χ2v) is 8.03. The second-order valence-electron chi connectivity index (χ2n) is 6.12. The van der Waals surface area contributed by atoms with Gasteiger partial charge < -0.3 is 0 Å². The van der Waals surface area contributed by atoms with Gasteiger partial charge in [-0.2, -0.15) is 4.31 Å². The van der Waals surface area contributed by atoms with Crippen molar-refractivity contribution in [1.29, 1.82) is 0 Å². The van der Waals surface area contributed by atoms with E-state index < -0.39 is 15.8 Å². The van der Waals surface area contributed by atoms with Crippen molar-refractivity contribution in [2.75, 3.05) is 13.1 Å². The van der Waals surface area contributed by atoms with Crippen molar-refractivity contribution < 1.29 is 12.8 Å². The minimum atomic E-state index is -3.87. The predicted octanol–water partition coefficient (Wildman–Crippen LogP) is 2.44. The van der Waals surface area contributed by atoms with Crippen LogP contribution in [0.5, 0.6) is 0 Å². The van der Waals surface area contributed by atoms with E-state index in [0.29, 0.717) is 13.0 Å². The van der Waals surface area contributed by atoms with Crippen molar-refractivity contribution in [3.63, 3.8) is 0 Å². The summed E-state index contributed by atoms with van der Waals surface area (Å²) in [6, 6.07) is 11.1. The Hall–Kier alpha value is -2.32. The molecule has 0 aliphatic carbocycles. The van der Waals surface area contributed by atoms with Gasteiger partial charge in [-0.3, -0.25) is 4.40 Å². The van der Waals surface area contributed by atoms with E-state index in [1.807, 2.05) is 28.8 Å². The quantitative estimate of drug-likeness (QED) is 0.719. The molecule has 1 aliphatic heterocycles. The van der Waals surface area contributed by atoms with Gasteiger partial charge in [0.1, 0.15) is 16.5 Å². The van der Waals surface area contributed by atoms with Crippen LogP contribution in [0.4, 0.5) is 4.39 Å². The zero-order chi connectivity index (χ0) is 17.4. The lowest BCUT2D eigenvalue weighted by atomic mass is 9.99. The molecule has 1 atom stereocenters. The van der Waals surface area contributed by atoms with E-state index in [2.05, 4.69) is 10.2 Å². The highest BCUT2D eigenvalue weighted by Crippen LogP contribution is 2.30. The number of pyridine rings is 1. The zero-order valence-corrected chi connectivity index (χ0v) is 14.2. The Bertz CT molecular complexity index is 1020.